The van der Waals surface area contributed by atoms with E-state index in [9.17, 15) is 4.79 Å². The van der Waals surface area contributed by atoms with Crippen LogP contribution in [0.2, 0.25) is 0 Å². The van der Waals surface area contributed by atoms with Crippen molar-refractivity contribution in [3.63, 3.8) is 0 Å². The monoisotopic (exact) mass is 359 g/mol. The minimum atomic E-state index is 0.0167. The number of halogens is 1. The van der Waals surface area contributed by atoms with Gasteiger partial charge in [0.15, 0.2) is 0 Å². The molecule has 0 radical (unpaired) electrons. The number of rotatable bonds is 4. The molecule has 6 nitrogen and oxygen atoms in total. The molecule has 7 heteroatoms. The summed E-state index contributed by atoms with van der Waals surface area (Å²) in [5, 5.41) is 4.09. The number of anilines is 1. The Balaban J connectivity index is 1.99. The standard InChI is InChI=1S/C11H14IN5O/c1-8-10(12)11(18)16(7-14-8)4-2-5-17-6-3-9(13)15-17/h3,6-7H,2,4-5H2,1H3,(H2,13,15). The van der Waals surface area contributed by atoms with Crippen LogP contribution in [0.5, 0.6) is 0 Å². The highest BCUT2D eigenvalue weighted by molar-refractivity contribution is 14.1. The van der Waals surface area contributed by atoms with Gasteiger partial charge in [-0.3, -0.25) is 14.0 Å². The van der Waals surface area contributed by atoms with Crippen molar-refractivity contribution in [3.05, 3.63) is 38.2 Å². The van der Waals surface area contributed by atoms with Crippen LogP contribution >= 0.6 is 22.6 Å². The van der Waals surface area contributed by atoms with Gasteiger partial charge in [-0.25, -0.2) is 4.98 Å². The fraction of sp³-hybridized carbons (Fsp3) is 0.364. The van der Waals surface area contributed by atoms with E-state index in [1.807, 2.05) is 35.7 Å². The van der Waals surface area contributed by atoms with E-state index >= 15 is 0 Å². The quantitative estimate of drug-likeness (QED) is 0.827. The van der Waals surface area contributed by atoms with Crippen LogP contribution in [-0.2, 0) is 13.1 Å². The molecule has 0 atom stereocenters. The minimum absolute atomic E-state index is 0.0167. The number of hydrogen-bond acceptors (Lipinski definition) is 4. The third-order valence-corrected chi connectivity index (χ3v) is 3.85. The second-order valence-corrected chi connectivity index (χ2v) is 5.08. The van der Waals surface area contributed by atoms with Gasteiger partial charge in [-0.05, 0) is 42.0 Å². The summed E-state index contributed by atoms with van der Waals surface area (Å²) in [4.78, 5) is 16.1. The molecular formula is C11H14IN5O. The lowest BCUT2D eigenvalue weighted by Gasteiger charge is -2.06. The van der Waals surface area contributed by atoms with Crippen LogP contribution in [0, 0.1) is 10.5 Å². The lowest BCUT2D eigenvalue weighted by atomic mass is 10.4. The van der Waals surface area contributed by atoms with Gasteiger partial charge in [0.05, 0.1) is 15.6 Å². The van der Waals surface area contributed by atoms with Crippen molar-refractivity contribution in [1.29, 1.82) is 0 Å². The highest BCUT2D eigenvalue weighted by atomic mass is 127. The first-order chi connectivity index (χ1) is 8.58. The van der Waals surface area contributed by atoms with Gasteiger partial charge in [-0.1, -0.05) is 0 Å². The van der Waals surface area contributed by atoms with Crippen molar-refractivity contribution < 1.29 is 0 Å². The summed E-state index contributed by atoms with van der Waals surface area (Å²) < 4.78 is 4.08. The van der Waals surface area contributed by atoms with Crippen molar-refractivity contribution in [1.82, 2.24) is 19.3 Å². The molecule has 0 aliphatic carbocycles. The molecule has 0 amide bonds. The normalized spacial score (nSPS) is 10.8. The maximum absolute atomic E-state index is 11.9. The Kier molecular flexibility index (Phi) is 4.00. The van der Waals surface area contributed by atoms with Crippen molar-refractivity contribution in [2.75, 3.05) is 5.73 Å². The number of nitrogen functional groups attached to an aromatic ring is 1. The molecule has 96 valence electrons. The van der Waals surface area contributed by atoms with E-state index in [0.717, 1.165) is 18.7 Å². The molecule has 0 fully saturated rings. The molecule has 0 aliphatic rings. The minimum Gasteiger partial charge on any atom is -0.382 e. The van der Waals surface area contributed by atoms with E-state index < -0.39 is 0 Å². The van der Waals surface area contributed by atoms with Crippen LogP contribution in [-0.4, -0.2) is 19.3 Å². The zero-order valence-corrected chi connectivity index (χ0v) is 12.2. The zero-order chi connectivity index (χ0) is 13.1. The van der Waals surface area contributed by atoms with Crippen molar-refractivity contribution in [2.24, 2.45) is 0 Å². The van der Waals surface area contributed by atoms with Crippen molar-refractivity contribution in [3.8, 4) is 0 Å². The Bertz CT molecular complexity index is 604. The van der Waals surface area contributed by atoms with Crippen molar-refractivity contribution in [2.45, 2.75) is 26.4 Å². The number of aromatic nitrogens is 4. The van der Waals surface area contributed by atoms with Gasteiger partial charge in [0.1, 0.15) is 5.82 Å². The van der Waals surface area contributed by atoms with E-state index in [-0.39, 0.29) is 5.56 Å². The molecule has 2 heterocycles. The summed E-state index contributed by atoms with van der Waals surface area (Å²) in [5.74, 6) is 0.513. The first kappa shape index (κ1) is 13.1. The average Bonchev–Trinajstić information content (AvgIpc) is 2.75. The number of aryl methyl sites for hydroxylation is 3. The smallest absolute Gasteiger partial charge is 0.266 e. The van der Waals surface area contributed by atoms with E-state index in [1.54, 1.807) is 21.6 Å². The predicted molar refractivity (Wildman–Crippen MR) is 77.2 cm³/mol. The lowest BCUT2D eigenvalue weighted by Crippen LogP contribution is -2.24. The fourth-order valence-corrected chi connectivity index (χ4v) is 2.06. The Morgan fingerprint density at radius 1 is 1.44 bits per heavy atom. The van der Waals surface area contributed by atoms with E-state index in [1.165, 1.54) is 0 Å². The summed E-state index contributed by atoms with van der Waals surface area (Å²) in [6.45, 7) is 3.19. The Morgan fingerprint density at radius 3 is 2.89 bits per heavy atom. The summed E-state index contributed by atoms with van der Waals surface area (Å²) in [6.07, 6.45) is 4.23. The highest BCUT2D eigenvalue weighted by Gasteiger charge is 2.05. The van der Waals surface area contributed by atoms with Crippen LogP contribution in [0.25, 0.3) is 0 Å². The van der Waals surface area contributed by atoms with Gasteiger partial charge in [-0.15, -0.1) is 0 Å². The molecule has 0 aromatic carbocycles. The Labute approximate surface area is 118 Å². The largest absolute Gasteiger partial charge is 0.382 e. The van der Waals surface area contributed by atoms with Crippen LogP contribution in [0.4, 0.5) is 5.82 Å². The second kappa shape index (κ2) is 5.51. The van der Waals surface area contributed by atoms with Gasteiger partial charge in [0, 0.05) is 19.3 Å². The fourth-order valence-electron chi connectivity index (χ4n) is 1.61. The molecule has 2 rings (SSSR count). The van der Waals surface area contributed by atoms with Crippen LogP contribution < -0.4 is 11.3 Å². The van der Waals surface area contributed by atoms with Gasteiger partial charge < -0.3 is 5.73 Å². The maximum Gasteiger partial charge on any atom is 0.266 e. The van der Waals surface area contributed by atoms with Crippen LogP contribution in [0.1, 0.15) is 12.1 Å². The molecule has 0 saturated heterocycles. The third-order valence-electron chi connectivity index (χ3n) is 2.60. The molecule has 2 aromatic heterocycles. The average molecular weight is 359 g/mol. The maximum atomic E-state index is 11.9. The van der Waals surface area contributed by atoms with Gasteiger partial charge in [0.25, 0.3) is 5.56 Å². The molecule has 2 aromatic rings. The molecule has 2 N–H and O–H groups in total. The second-order valence-electron chi connectivity index (χ2n) is 4.00. The van der Waals surface area contributed by atoms with Gasteiger partial charge in [-0.2, -0.15) is 5.10 Å². The first-order valence-corrected chi connectivity index (χ1v) is 6.66. The summed E-state index contributed by atoms with van der Waals surface area (Å²) >= 11 is 2.03. The highest BCUT2D eigenvalue weighted by Crippen LogP contribution is 2.02. The number of nitrogens with two attached hydrogens (primary N) is 1. The summed E-state index contributed by atoms with van der Waals surface area (Å²) in [7, 11) is 0. The summed E-state index contributed by atoms with van der Waals surface area (Å²) in [6, 6.07) is 1.75. The molecule has 0 unspecified atom stereocenters. The van der Waals surface area contributed by atoms with Crippen LogP contribution in [0.3, 0.4) is 0 Å². The number of hydrogen-bond donors (Lipinski definition) is 1. The number of nitrogens with zero attached hydrogens (tertiary/aromatic N) is 4. The molecule has 0 aliphatic heterocycles. The molecular weight excluding hydrogens is 345 g/mol. The van der Waals surface area contributed by atoms with Crippen LogP contribution in [0.15, 0.2) is 23.4 Å². The Hall–Kier alpha value is -1.38. The molecule has 18 heavy (non-hydrogen) atoms. The lowest BCUT2D eigenvalue weighted by molar-refractivity contribution is 0.515. The van der Waals surface area contributed by atoms with E-state index in [0.29, 0.717) is 15.9 Å². The van der Waals surface area contributed by atoms with E-state index in [4.69, 9.17) is 5.73 Å². The van der Waals surface area contributed by atoms with E-state index in [2.05, 4.69) is 10.1 Å². The predicted octanol–water partition coefficient (Wildman–Crippen LogP) is 1.03. The van der Waals surface area contributed by atoms with Crippen molar-refractivity contribution >= 4 is 28.4 Å². The molecule has 0 spiro atoms. The zero-order valence-electron chi connectivity index (χ0n) is 10.0. The molecule has 0 saturated carbocycles. The third kappa shape index (κ3) is 2.89. The summed E-state index contributed by atoms with van der Waals surface area (Å²) in [5.41, 5.74) is 6.32. The first-order valence-electron chi connectivity index (χ1n) is 5.58. The molecule has 0 bridgehead atoms. The van der Waals surface area contributed by atoms with Gasteiger partial charge in [0.2, 0.25) is 0 Å². The topological polar surface area (TPSA) is 78.7 Å². The SMILES string of the molecule is Cc1ncn(CCCn2ccc(N)n2)c(=O)c1I. The van der Waals surface area contributed by atoms with Gasteiger partial charge >= 0.3 is 0 Å². The Morgan fingerprint density at radius 2 is 2.22 bits per heavy atom.